The van der Waals surface area contributed by atoms with E-state index in [1.807, 2.05) is 48.5 Å². The highest BCUT2D eigenvalue weighted by Crippen LogP contribution is 2.25. The van der Waals surface area contributed by atoms with Crippen molar-refractivity contribution in [2.45, 2.75) is 6.61 Å². The summed E-state index contributed by atoms with van der Waals surface area (Å²) in [4.78, 5) is 12.3. The number of phenols is 1. The van der Waals surface area contributed by atoms with Crippen LogP contribution in [0.3, 0.4) is 0 Å². The smallest absolute Gasteiger partial charge is 0.255 e. The molecule has 0 radical (unpaired) electrons. The van der Waals surface area contributed by atoms with Crippen LogP contribution in [0.25, 0.3) is 0 Å². The van der Waals surface area contributed by atoms with Crippen molar-refractivity contribution >= 4 is 11.6 Å². The normalized spacial score (nSPS) is 10.2. The molecule has 3 aromatic carbocycles. The van der Waals surface area contributed by atoms with Crippen LogP contribution in [-0.2, 0) is 6.61 Å². The lowest BCUT2D eigenvalue weighted by molar-refractivity contribution is 0.102. The minimum absolute atomic E-state index is 0.123. The fourth-order valence-corrected chi connectivity index (χ4v) is 2.24. The summed E-state index contributed by atoms with van der Waals surface area (Å²) >= 11 is 0. The second-order valence-corrected chi connectivity index (χ2v) is 5.27. The van der Waals surface area contributed by atoms with Gasteiger partial charge >= 0.3 is 0 Å². The third-order valence-electron chi connectivity index (χ3n) is 3.50. The lowest BCUT2D eigenvalue weighted by Crippen LogP contribution is -2.12. The number of carbonyl (C=O) groups excluding carboxylic acids is 1. The number of amides is 1. The molecule has 4 nitrogen and oxygen atoms in total. The highest BCUT2D eigenvalue weighted by molar-refractivity contribution is 6.05. The molecule has 4 heteroatoms. The summed E-state index contributed by atoms with van der Waals surface area (Å²) < 4.78 is 5.82. The van der Waals surface area contributed by atoms with E-state index in [-0.39, 0.29) is 11.7 Å². The average Bonchev–Trinajstić information content (AvgIpc) is 2.62. The van der Waals surface area contributed by atoms with Crippen LogP contribution in [0.2, 0.25) is 0 Å². The topological polar surface area (TPSA) is 58.6 Å². The molecule has 0 saturated heterocycles. The summed E-state index contributed by atoms with van der Waals surface area (Å²) in [6.07, 6.45) is 0. The molecule has 0 aliphatic heterocycles. The van der Waals surface area contributed by atoms with Crippen molar-refractivity contribution in [3.63, 3.8) is 0 Å². The first-order chi connectivity index (χ1) is 11.7. The average molecular weight is 319 g/mol. The molecule has 24 heavy (non-hydrogen) atoms. The molecule has 2 N–H and O–H groups in total. The highest BCUT2D eigenvalue weighted by atomic mass is 16.5. The van der Waals surface area contributed by atoms with E-state index in [4.69, 9.17) is 4.74 Å². The number of carbonyl (C=O) groups is 1. The number of nitrogens with one attached hydrogen (secondary N) is 1. The maximum absolute atomic E-state index is 12.3. The fraction of sp³-hybridized carbons (Fsp3) is 0.0500. The van der Waals surface area contributed by atoms with Gasteiger partial charge in [0.1, 0.15) is 18.1 Å². The molecule has 3 rings (SSSR count). The van der Waals surface area contributed by atoms with Crippen molar-refractivity contribution in [2.75, 3.05) is 5.32 Å². The van der Waals surface area contributed by atoms with E-state index >= 15 is 0 Å². The number of anilines is 1. The first kappa shape index (κ1) is 15.6. The second-order valence-electron chi connectivity index (χ2n) is 5.27. The van der Waals surface area contributed by atoms with E-state index in [0.29, 0.717) is 23.6 Å². The molecule has 0 aliphatic carbocycles. The van der Waals surface area contributed by atoms with Gasteiger partial charge in [-0.2, -0.15) is 0 Å². The zero-order chi connectivity index (χ0) is 16.8. The number of ether oxygens (including phenoxy) is 1. The number of phenolic OH excluding ortho intramolecular Hbond substituents is 1. The van der Waals surface area contributed by atoms with Gasteiger partial charge in [-0.05, 0) is 42.0 Å². The van der Waals surface area contributed by atoms with Crippen LogP contribution >= 0.6 is 0 Å². The van der Waals surface area contributed by atoms with Crippen LogP contribution in [0, 0.1) is 0 Å². The van der Waals surface area contributed by atoms with Gasteiger partial charge in [0.25, 0.3) is 5.91 Å². The predicted octanol–water partition coefficient (Wildman–Crippen LogP) is 4.22. The standard InChI is InChI=1S/C20H17NO3/c22-17-12-10-16(11-13-17)20(23)21-18-8-4-5-9-19(18)24-14-15-6-2-1-3-7-15/h1-13,22H,14H2,(H,21,23). The van der Waals surface area contributed by atoms with Crippen molar-refractivity contribution in [1.82, 2.24) is 0 Å². The van der Waals surface area contributed by atoms with E-state index in [0.717, 1.165) is 5.56 Å². The number of para-hydroxylation sites is 2. The van der Waals surface area contributed by atoms with E-state index < -0.39 is 0 Å². The Labute approximate surface area is 140 Å². The lowest BCUT2D eigenvalue weighted by Gasteiger charge is -2.12. The Kier molecular flexibility index (Phi) is 4.77. The van der Waals surface area contributed by atoms with E-state index in [9.17, 15) is 9.90 Å². The van der Waals surface area contributed by atoms with Gasteiger partial charge in [-0.25, -0.2) is 0 Å². The van der Waals surface area contributed by atoms with Crippen LogP contribution in [0.5, 0.6) is 11.5 Å². The largest absolute Gasteiger partial charge is 0.508 e. The van der Waals surface area contributed by atoms with Crippen LogP contribution < -0.4 is 10.1 Å². The summed E-state index contributed by atoms with van der Waals surface area (Å²) in [6, 6.07) is 23.2. The molecule has 0 aliphatic rings. The number of benzene rings is 3. The monoisotopic (exact) mass is 319 g/mol. The van der Waals surface area contributed by atoms with Gasteiger partial charge in [0.15, 0.2) is 0 Å². The van der Waals surface area contributed by atoms with Gasteiger partial charge in [-0.3, -0.25) is 4.79 Å². The molecular formula is C20H17NO3. The summed E-state index contributed by atoms with van der Waals surface area (Å²) in [5, 5.41) is 12.1. The predicted molar refractivity (Wildman–Crippen MR) is 93.3 cm³/mol. The maximum atomic E-state index is 12.3. The number of hydrogen-bond acceptors (Lipinski definition) is 3. The molecular weight excluding hydrogens is 302 g/mol. The third-order valence-corrected chi connectivity index (χ3v) is 3.50. The number of aromatic hydroxyl groups is 1. The van der Waals surface area contributed by atoms with E-state index in [1.165, 1.54) is 12.1 Å². The Morgan fingerprint density at radius 1 is 0.875 bits per heavy atom. The molecule has 0 aromatic heterocycles. The van der Waals surface area contributed by atoms with Crippen LogP contribution in [0.4, 0.5) is 5.69 Å². The van der Waals surface area contributed by atoms with Crippen molar-refractivity contribution in [3.8, 4) is 11.5 Å². The fourth-order valence-electron chi connectivity index (χ4n) is 2.24. The van der Waals surface area contributed by atoms with Crippen molar-refractivity contribution < 1.29 is 14.6 Å². The summed E-state index contributed by atoms with van der Waals surface area (Å²) in [6.45, 7) is 0.424. The number of rotatable bonds is 5. The minimum atomic E-state index is -0.259. The molecule has 120 valence electrons. The Balaban J connectivity index is 1.71. The third kappa shape index (κ3) is 3.93. The molecule has 0 atom stereocenters. The van der Waals surface area contributed by atoms with Crippen molar-refractivity contribution in [2.24, 2.45) is 0 Å². The Morgan fingerprint density at radius 3 is 2.29 bits per heavy atom. The molecule has 0 heterocycles. The van der Waals surface area contributed by atoms with Crippen LogP contribution in [-0.4, -0.2) is 11.0 Å². The van der Waals surface area contributed by atoms with Crippen LogP contribution in [0.15, 0.2) is 78.9 Å². The van der Waals surface area contributed by atoms with Gasteiger partial charge < -0.3 is 15.2 Å². The van der Waals surface area contributed by atoms with E-state index in [2.05, 4.69) is 5.32 Å². The Hall–Kier alpha value is -3.27. The second kappa shape index (κ2) is 7.33. The SMILES string of the molecule is O=C(Nc1ccccc1OCc1ccccc1)c1ccc(O)cc1. The lowest BCUT2D eigenvalue weighted by atomic mass is 10.2. The van der Waals surface area contributed by atoms with Gasteiger partial charge in [-0.1, -0.05) is 42.5 Å². The zero-order valence-corrected chi connectivity index (χ0v) is 13.0. The Morgan fingerprint density at radius 2 is 1.54 bits per heavy atom. The first-order valence-electron chi connectivity index (χ1n) is 7.58. The highest BCUT2D eigenvalue weighted by Gasteiger charge is 2.10. The van der Waals surface area contributed by atoms with Crippen molar-refractivity contribution in [1.29, 1.82) is 0 Å². The summed E-state index contributed by atoms with van der Waals surface area (Å²) in [7, 11) is 0. The quantitative estimate of drug-likeness (QED) is 0.740. The minimum Gasteiger partial charge on any atom is -0.508 e. The van der Waals surface area contributed by atoms with E-state index in [1.54, 1.807) is 18.2 Å². The van der Waals surface area contributed by atoms with Gasteiger partial charge in [-0.15, -0.1) is 0 Å². The summed E-state index contributed by atoms with van der Waals surface area (Å²) in [5.41, 5.74) is 2.12. The molecule has 0 fully saturated rings. The van der Waals surface area contributed by atoms with Gasteiger partial charge in [0.2, 0.25) is 0 Å². The molecule has 0 spiro atoms. The first-order valence-corrected chi connectivity index (χ1v) is 7.58. The maximum Gasteiger partial charge on any atom is 0.255 e. The molecule has 1 amide bonds. The van der Waals surface area contributed by atoms with Crippen molar-refractivity contribution in [3.05, 3.63) is 90.0 Å². The molecule has 0 unspecified atom stereocenters. The van der Waals surface area contributed by atoms with Crippen LogP contribution in [0.1, 0.15) is 15.9 Å². The molecule has 3 aromatic rings. The van der Waals surface area contributed by atoms with Gasteiger partial charge in [0.05, 0.1) is 5.69 Å². The van der Waals surface area contributed by atoms with Gasteiger partial charge in [0, 0.05) is 5.56 Å². The molecule has 0 bridgehead atoms. The Bertz CT molecular complexity index is 814. The number of hydrogen-bond donors (Lipinski definition) is 2. The summed E-state index contributed by atoms with van der Waals surface area (Å²) in [5.74, 6) is 0.470. The zero-order valence-electron chi connectivity index (χ0n) is 13.0. The molecule has 0 saturated carbocycles.